The molecule has 0 aliphatic heterocycles. The third-order valence-corrected chi connectivity index (χ3v) is 3.50. The molecule has 0 amide bonds. The van der Waals surface area contributed by atoms with Crippen LogP contribution in [0.4, 0.5) is 13.2 Å². The Morgan fingerprint density at radius 2 is 2.00 bits per heavy atom. The van der Waals surface area contributed by atoms with Crippen LogP contribution in [0.15, 0.2) is 24.3 Å². The summed E-state index contributed by atoms with van der Waals surface area (Å²) in [4.78, 5) is 0. The first-order valence-corrected chi connectivity index (χ1v) is 6.37. The zero-order valence-corrected chi connectivity index (χ0v) is 10.7. The second kappa shape index (κ2) is 5.51. The second-order valence-corrected chi connectivity index (χ2v) is 4.89. The molecule has 1 aromatic carbocycles. The van der Waals surface area contributed by atoms with Gasteiger partial charge >= 0.3 is 6.18 Å². The van der Waals surface area contributed by atoms with Crippen LogP contribution in [-0.2, 0) is 11.2 Å². The zero-order valence-electron chi connectivity index (χ0n) is 10.7. The monoisotopic (exact) mass is 274 g/mol. The number of aliphatic hydroxyl groups is 1. The van der Waals surface area contributed by atoms with Crippen LogP contribution in [-0.4, -0.2) is 23.5 Å². The second-order valence-electron chi connectivity index (χ2n) is 4.89. The predicted octanol–water partition coefficient (Wildman–Crippen LogP) is 3.39. The molecule has 0 spiro atoms. The van der Waals surface area contributed by atoms with E-state index in [1.165, 1.54) is 0 Å². The molecule has 0 saturated heterocycles. The van der Waals surface area contributed by atoms with Gasteiger partial charge in [-0.1, -0.05) is 24.3 Å². The number of hydrogen-bond donors (Lipinski definition) is 1. The maximum absolute atomic E-state index is 12.5. The Kier molecular flexibility index (Phi) is 4.16. The molecule has 1 aromatic rings. The molecule has 0 saturated carbocycles. The number of benzene rings is 1. The number of rotatable bonds is 2. The molecule has 2 rings (SSSR count). The lowest BCUT2D eigenvalue weighted by Gasteiger charge is -2.27. The molecule has 2 nitrogen and oxygen atoms in total. The number of fused-ring (bicyclic) bond motifs is 1. The maximum atomic E-state index is 12.5. The summed E-state index contributed by atoms with van der Waals surface area (Å²) < 4.78 is 42.6. The average molecular weight is 274 g/mol. The normalized spacial score (nSPS) is 25.5. The number of alkyl halides is 3. The summed E-state index contributed by atoms with van der Waals surface area (Å²) in [5.74, 6) is 0. The fourth-order valence-corrected chi connectivity index (χ4v) is 2.38. The topological polar surface area (TPSA) is 29.5 Å². The van der Waals surface area contributed by atoms with Crippen molar-refractivity contribution >= 4 is 0 Å². The number of hydrogen-bond acceptors (Lipinski definition) is 2. The third-order valence-electron chi connectivity index (χ3n) is 3.50. The van der Waals surface area contributed by atoms with Crippen LogP contribution >= 0.6 is 0 Å². The predicted molar refractivity (Wildman–Crippen MR) is 64.7 cm³/mol. The summed E-state index contributed by atoms with van der Waals surface area (Å²) in [5, 5.41) is 10.2. The highest BCUT2D eigenvalue weighted by Gasteiger charge is 2.40. The van der Waals surface area contributed by atoms with E-state index in [1.54, 1.807) is 12.1 Å². The van der Waals surface area contributed by atoms with E-state index in [-0.39, 0.29) is 0 Å². The molecule has 0 radical (unpaired) electrons. The van der Waals surface area contributed by atoms with Gasteiger partial charge in [0.15, 0.2) is 6.10 Å². The van der Waals surface area contributed by atoms with E-state index in [1.807, 2.05) is 12.1 Å². The zero-order chi connectivity index (χ0) is 14.0. The molecule has 0 aromatic heterocycles. The molecule has 0 heterocycles. The molecular weight excluding hydrogens is 257 g/mol. The van der Waals surface area contributed by atoms with E-state index in [2.05, 4.69) is 0 Å². The van der Waals surface area contributed by atoms with Crippen LogP contribution in [0.3, 0.4) is 0 Å². The van der Waals surface area contributed by atoms with Gasteiger partial charge in [-0.15, -0.1) is 0 Å². The minimum atomic E-state index is -4.40. The van der Waals surface area contributed by atoms with E-state index in [4.69, 9.17) is 4.74 Å². The molecule has 3 unspecified atom stereocenters. The van der Waals surface area contributed by atoms with E-state index in [0.29, 0.717) is 18.4 Å². The molecule has 106 valence electrons. The molecule has 19 heavy (non-hydrogen) atoms. The van der Waals surface area contributed by atoms with Gasteiger partial charge in [0, 0.05) is 0 Å². The molecule has 0 bridgehead atoms. The summed E-state index contributed by atoms with van der Waals surface area (Å²) >= 11 is 0. The van der Waals surface area contributed by atoms with Gasteiger partial charge in [-0.05, 0) is 37.3 Å². The molecular formula is C14H17F3O2. The van der Waals surface area contributed by atoms with Crippen molar-refractivity contribution in [3.05, 3.63) is 35.4 Å². The van der Waals surface area contributed by atoms with E-state index in [0.717, 1.165) is 18.9 Å². The fraction of sp³-hybridized carbons (Fsp3) is 0.571. The molecule has 1 N–H and O–H groups in total. The van der Waals surface area contributed by atoms with Gasteiger partial charge in [0.05, 0.1) is 6.10 Å². The third kappa shape index (κ3) is 3.28. The average Bonchev–Trinajstić information content (AvgIpc) is 2.50. The molecule has 5 heteroatoms. The number of ether oxygens (including phenoxy) is 1. The van der Waals surface area contributed by atoms with Gasteiger partial charge in [-0.2, -0.15) is 13.2 Å². The minimum absolute atomic E-state index is 0.427. The van der Waals surface area contributed by atoms with Crippen LogP contribution in [0.2, 0.25) is 0 Å². The Morgan fingerprint density at radius 1 is 1.32 bits per heavy atom. The highest BCUT2D eigenvalue weighted by molar-refractivity contribution is 5.31. The number of aryl methyl sites for hydroxylation is 1. The lowest BCUT2D eigenvalue weighted by Crippen LogP contribution is -2.35. The smallest absolute Gasteiger partial charge is 0.386 e. The van der Waals surface area contributed by atoms with Gasteiger partial charge < -0.3 is 9.84 Å². The summed E-state index contributed by atoms with van der Waals surface area (Å²) in [5.41, 5.74) is 1.67. The SMILES string of the molecule is CC(OC1CCCc2ccccc2C1O)C(F)(F)F. The summed E-state index contributed by atoms with van der Waals surface area (Å²) in [6.45, 7) is 0.976. The van der Waals surface area contributed by atoms with Crippen molar-refractivity contribution in [1.29, 1.82) is 0 Å². The first-order valence-electron chi connectivity index (χ1n) is 6.37. The van der Waals surface area contributed by atoms with E-state index >= 15 is 0 Å². The largest absolute Gasteiger partial charge is 0.414 e. The van der Waals surface area contributed by atoms with Crippen LogP contribution in [0, 0.1) is 0 Å². The van der Waals surface area contributed by atoms with Crippen LogP contribution < -0.4 is 0 Å². The lowest BCUT2D eigenvalue weighted by atomic mass is 10.00. The summed E-state index contributed by atoms with van der Waals surface area (Å²) in [6, 6.07) is 7.29. The first-order chi connectivity index (χ1) is 8.89. The van der Waals surface area contributed by atoms with Gasteiger partial charge in [-0.25, -0.2) is 0 Å². The van der Waals surface area contributed by atoms with Gasteiger partial charge in [-0.3, -0.25) is 0 Å². The highest BCUT2D eigenvalue weighted by atomic mass is 19.4. The van der Waals surface area contributed by atoms with Crippen LogP contribution in [0.25, 0.3) is 0 Å². The molecule has 0 fully saturated rings. The highest BCUT2D eigenvalue weighted by Crippen LogP contribution is 2.33. The summed E-state index contributed by atoms with van der Waals surface area (Å²) in [7, 11) is 0. The molecule has 1 aliphatic carbocycles. The van der Waals surface area contributed by atoms with Crippen molar-refractivity contribution in [3.8, 4) is 0 Å². The van der Waals surface area contributed by atoms with E-state index in [9.17, 15) is 18.3 Å². The number of aliphatic hydroxyl groups excluding tert-OH is 1. The molecule has 1 aliphatic rings. The van der Waals surface area contributed by atoms with Crippen molar-refractivity contribution in [2.45, 2.75) is 50.7 Å². The Morgan fingerprint density at radius 3 is 2.68 bits per heavy atom. The Labute approximate surface area is 110 Å². The molecule has 3 atom stereocenters. The Bertz CT molecular complexity index is 431. The quantitative estimate of drug-likeness (QED) is 0.838. The van der Waals surface area contributed by atoms with Gasteiger partial charge in [0.2, 0.25) is 0 Å². The Balaban J connectivity index is 2.15. The lowest BCUT2D eigenvalue weighted by molar-refractivity contribution is -0.236. The fourth-order valence-electron chi connectivity index (χ4n) is 2.38. The standard InChI is InChI=1S/C14H17F3O2/c1-9(14(15,16)17)19-12-8-4-6-10-5-2-3-7-11(10)13(12)18/h2-3,5,7,9,12-13,18H,4,6,8H2,1H3. The van der Waals surface area contributed by atoms with Crippen LogP contribution in [0.5, 0.6) is 0 Å². The van der Waals surface area contributed by atoms with Crippen molar-refractivity contribution in [2.75, 3.05) is 0 Å². The van der Waals surface area contributed by atoms with Gasteiger partial charge in [0.25, 0.3) is 0 Å². The minimum Gasteiger partial charge on any atom is -0.386 e. The van der Waals surface area contributed by atoms with Crippen molar-refractivity contribution in [2.24, 2.45) is 0 Å². The Hall–Kier alpha value is -1.07. The number of halogens is 3. The first kappa shape index (κ1) is 14.3. The van der Waals surface area contributed by atoms with Crippen molar-refractivity contribution in [1.82, 2.24) is 0 Å². The van der Waals surface area contributed by atoms with E-state index < -0.39 is 24.5 Å². The maximum Gasteiger partial charge on any atom is 0.414 e. The van der Waals surface area contributed by atoms with Gasteiger partial charge in [0.1, 0.15) is 6.10 Å². The van der Waals surface area contributed by atoms with Crippen molar-refractivity contribution < 1.29 is 23.0 Å². The van der Waals surface area contributed by atoms with Crippen LogP contribution in [0.1, 0.15) is 37.0 Å². The van der Waals surface area contributed by atoms with Crippen molar-refractivity contribution in [3.63, 3.8) is 0 Å². The summed E-state index contributed by atoms with van der Waals surface area (Å²) in [6.07, 6.45) is -6.17.